The number of halogens is 4. The minimum absolute atomic E-state index is 0.0545. The van der Waals surface area contributed by atoms with E-state index in [0.717, 1.165) is 0 Å². The summed E-state index contributed by atoms with van der Waals surface area (Å²) in [5, 5.41) is 17.2. The quantitative estimate of drug-likeness (QED) is 0.223. The van der Waals surface area contributed by atoms with E-state index in [1.807, 2.05) is 0 Å². The van der Waals surface area contributed by atoms with Crippen LogP contribution in [0, 0.1) is 5.82 Å². The van der Waals surface area contributed by atoms with Crippen LogP contribution in [0.2, 0.25) is 0 Å². The molecule has 0 aliphatic carbocycles. The van der Waals surface area contributed by atoms with Crippen LogP contribution in [0.1, 0.15) is 34.6 Å². The van der Waals surface area contributed by atoms with E-state index in [1.165, 1.54) is 49.5 Å². The molecule has 0 radical (unpaired) electrons. The van der Waals surface area contributed by atoms with Crippen LogP contribution in [-0.2, 0) is 0 Å². The van der Waals surface area contributed by atoms with Gasteiger partial charge in [0.1, 0.15) is 23.9 Å². The van der Waals surface area contributed by atoms with Gasteiger partial charge in [-0.3, -0.25) is 9.59 Å². The van der Waals surface area contributed by atoms with Gasteiger partial charge in [0.25, 0.3) is 11.8 Å². The Labute approximate surface area is 226 Å². The maximum Gasteiger partial charge on any atom is 0.405 e. The number of aromatic nitrogens is 1. The van der Waals surface area contributed by atoms with Crippen molar-refractivity contribution in [2.24, 2.45) is 0 Å². The molecular weight excluding hydrogens is 532 g/mol. The maximum absolute atomic E-state index is 13.5. The summed E-state index contributed by atoms with van der Waals surface area (Å²) < 4.78 is 58.8. The fraction of sp³-hybridized carbons (Fsp3) is 0.250. The number of aliphatic hydroxyl groups is 1. The van der Waals surface area contributed by atoms with Gasteiger partial charge in [-0.05, 0) is 61.9 Å². The predicted octanol–water partition coefficient (Wildman–Crippen LogP) is 5.14. The molecule has 4 rings (SSSR count). The SMILES string of the molecule is CNC(=O)c1c(-c2ccc(F)cc2)oc2nc(NCC(F)(F)F)c(-c3cccc(C(=O)NC(C)(C)CO)c3)cc12. The minimum atomic E-state index is -4.57. The lowest BCUT2D eigenvalue weighted by Gasteiger charge is -2.23. The van der Waals surface area contributed by atoms with E-state index >= 15 is 0 Å². The molecule has 2 aromatic carbocycles. The Balaban J connectivity index is 1.92. The lowest BCUT2D eigenvalue weighted by molar-refractivity contribution is -0.115. The number of hydrogen-bond donors (Lipinski definition) is 4. The number of hydrogen-bond acceptors (Lipinski definition) is 6. The Kier molecular flexibility index (Phi) is 7.83. The van der Waals surface area contributed by atoms with Gasteiger partial charge in [-0.1, -0.05) is 12.1 Å². The lowest BCUT2D eigenvalue weighted by atomic mass is 9.99. The number of aliphatic hydroxyl groups excluding tert-OH is 1. The van der Waals surface area contributed by atoms with E-state index < -0.39 is 35.9 Å². The van der Waals surface area contributed by atoms with Crippen LogP contribution < -0.4 is 16.0 Å². The van der Waals surface area contributed by atoms with E-state index in [9.17, 15) is 32.3 Å². The van der Waals surface area contributed by atoms with Crippen molar-refractivity contribution >= 4 is 28.7 Å². The summed E-state index contributed by atoms with van der Waals surface area (Å²) in [7, 11) is 1.40. The van der Waals surface area contributed by atoms with Crippen molar-refractivity contribution in [3.05, 3.63) is 71.5 Å². The first-order valence-corrected chi connectivity index (χ1v) is 12.1. The minimum Gasteiger partial charge on any atom is -0.437 e. The van der Waals surface area contributed by atoms with Gasteiger partial charge in [-0.2, -0.15) is 18.2 Å². The first kappa shape index (κ1) is 28.6. The molecule has 0 saturated carbocycles. The van der Waals surface area contributed by atoms with Crippen LogP contribution >= 0.6 is 0 Å². The maximum atomic E-state index is 13.5. The summed E-state index contributed by atoms with van der Waals surface area (Å²) in [6.45, 7) is 1.54. The van der Waals surface area contributed by atoms with Crippen LogP contribution in [0.15, 0.2) is 59.0 Å². The molecule has 4 aromatic rings. The Morgan fingerprint density at radius 3 is 2.33 bits per heavy atom. The smallest absolute Gasteiger partial charge is 0.405 e. The second kappa shape index (κ2) is 11.0. The molecule has 8 nitrogen and oxygen atoms in total. The number of alkyl halides is 3. The summed E-state index contributed by atoms with van der Waals surface area (Å²) in [6, 6.07) is 12.7. The molecule has 12 heteroatoms. The molecule has 210 valence electrons. The molecule has 0 aliphatic rings. The standard InChI is InChI=1S/C28H26F4N4O4/c1-27(2,14-37)36-24(38)17-6-4-5-16(11-17)19-12-20-21(25(39)33-3)22(15-7-9-18(29)10-8-15)40-26(20)35-23(19)34-13-28(30,31)32/h4-12,37H,13-14H2,1-3H3,(H,33,39)(H,34,35)(H,36,38). The number of amides is 2. The van der Waals surface area contributed by atoms with E-state index in [0.29, 0.717) is 11.1 Å². The summed E-state index contributed by atoms with van der Waals surface area (Å²) in [5.74, 6) is -1.71. The third kappa shape index (κ3) is 6.23. The third-order valence-electron chi connectivity index (χ3n) is 5.98. The largest absolute Gasteiger partial charge is 0.437 e. The van der Waals surface area contributed by atoms with Crippen molar-refractivity contribution in [3.8, 4) is 22.5 Å². The molecule has 0 spiro atoms. The van der Waals surface area contributed by atoms with Crippen molar-refractivity contribution in [1.82, 2.24) is 15.6 Å². The number of fused-ring (bicyclic) bond motifs is 1. The zero-order valence-corrected chi connectivity index (χ0v) is 21.7. The average Bonchev–Trinajstić information content (AvgIpc) is 3.29. The van der Waals surface area contributed by atoms with Crippen molar-refractivity contribution in [1.29, 1.82) is 0 Å². The number of carbonyl (C=O) groups is 2. The molecule has 40 heavy (non-hydrogen) atoms. The summed E-state index contributed by atoms with van der Waals surface area (Å²) in [5.41, 5.74) is 0.0680. The van der Waals surface area contributed by atoms with E-state index in [2.05, 4.69) is 20.9 Å². The van der Waals surface area contributed by atoms with E-state index in [-0.39, 0.29) is 46.0 Å². The van der Waals surface area contributed by atoms with Crippen molar-refractivity contribution in [2.75, 3.05) is 25.5 Å². The van der Waals surface area contributed by atoms with Crippen molar-refractivity contribution in [3.63, 3.8) is 0 Å². The van der Waals surface area contributed by atoms with Gasteiger partial charge in [-0.15, -0.1) is 0 Å². The summed E-state index contributed by atoms with van der Waals surface area (Å²) in [6.07, 6.45) is -4.57. The van der Waals surface area contributed by atoms with Gasteiger partial charge in [0.2, 0.25) is 5.71 Å². The Hall–Kier alpha value is -4.45. The van der Waals surface area contributed by atoms with E-state index in [4.69, 9.17) is 4.42 Å². The fourth-order valence-corrected chi connectivity index (χ4v) is 3.96. The van der Waals surface area contributed by atoms with Crippen LogP contribution in [0.3, 0.4) is 0 Å². The van der Waals surface area contributed by atoms with Crippen molar-refractivity contribution < 1.29 is 36.7 Å². The molecule has 2 heterocycles. The molecular formula is C28H26F4N4O4. The van der Waals surface area contributed by atoms with Crippen LogP contribution in [0.25, 0.3) is 33.6 Å². The normalized spacial score (nSPS) is 11.9. The molecule has 0 bridgehead atoms. The number of carbonyl (C=O) groups excluding carboxylic acids is 2. The second-order valence-electron chi connectivity index (χ2n) is 9.68. The monoisotopic (exact) mass is 558 g/mol. The Bertz CT molecular complexity index is 1560. The fourth-order valence-electron chi connectivity index (χ4n) is 3.96. The average molecular weight is 559 g/mol. The lowest BCUT2D eigenvalue weighted by Crippen LogP contribution is -2.46. The first-order chi connectivity index (χ1) is 18.8. The topological polar surface area (TPSA) is 116 Å². The Morgan fingerprint density at radius 2 is 1.70 bits per heavy atom. The zero-order valence-electron chi connectivity index (χ0n) is 21.7. The van der Waals surface area contributed by atoms with Crippen molar-refractivity contribution in [2.45, 2.75) is 25.6 Å². The van der Waals surface area contributed by atoms with Gasteiger partial charge < -0.3 is 25.5 Å². The molecule has 4 N–H and O–H groups in total. The molecule has 0 unspecified atom stereocenters. The first-order valence-electron chi connectivity index (χ1n) is 12.1. The number of furan rings is 1. The molecule has 0 saturated heterocycles. The van der Waals surface area contributed by atoms with Crippen LogP contribution in [0.5, 0.6) is 0 Å². The van der Waals surface area contributed by atoms with Gasteiger partial charge >= 0.3 is 6.18 Å². The van der Waals surface area contributed by atoms with E-state index in [1.54, 1.807) is 26.0 Å². The zero-order chi connectivity index (χ0) is 29.2. The van der Waals surface area contributed by atoms with Crippen LogP contribution in [0.4, 0.5) is 23.4 Å². The number of rotatable bonds is 8. The molecule has 0 fully saturated rings. The Morgan fingerprint density at radius 1 is 1.00 bits per heavy atom. The highest BCUT2D eigenvalue weighted by Gasteiger charge is 2.29. The highest BCUT2D eigenvalue weighted by Crippen LogP contribution is 2.38. The predicted molar refractivity (Wildman–Crippen MR) is 141 cm³/mol. The number of benzene rings is 2. The third-order valence-corrected chi connectivity index (χ3v) is 5.98. The van der Waals surface area contributed by atoms with Gasteiger partial charge in [0.05, 0.1) is 23.1 Å². The molecule has 0 atom stereocenters. The molecule has 2 amide bonds. The molecule has 2 aromatic heterocycles. The van der Waals surface area contributed by atoms with Gasteiger partial charge in [0, 0.05) is 23.7 Å². The molecule has 0 aliphatic heterocycles. The van der Waals surface area contributed by atoms with Crippen LogP contribution in [-0.4, -0.2) is 53.8 Å². The number of nitrogens with zero attached hydrogens (tertiary/aromatic N) is 1. The van der Waals surface area contributed by atoms with Gasteiger partial charge in [0.15, 0.2) is 0 Å². The summed E-state index contributed by atoms with van der Waals surface area (Å²) in [4.78, 5) is 30.0. The highest BCUT2D eigenvalue weighted by atomic mass is 19.4. The number of nitrogens with one attached hydrogen (secondary N) is 3. The van der Waals surface area contributed by atoms with Gasteiger partial charge in [-0.25, -0.2) is 4.39 Å². The number of anilines is 1. The summed E-state index contributed by atoms with van der Waals surface area (Å²) >= 11 is 0. The second-order valence-corrected chi connectivity index (χ2v) is 9.68. The highest BCUT2D eigenvalue weighted by molar-refractivity contribution is 6.11. The number of pyridine rings is 1.